The van der Waals surface area contributed by atoms with E-state index in [4.69, 9.17) is 9.15 Å². The molecule has 0 aliphatic heterocycles. The minimum atomic E-state index is -0.523. The molecule has 0 saturated carbocycles. The van der Waals surface area contributed by atoms with E-state index in [1.807, 2.05) is 31.2 Å². The van der Waals surface area contributed by atoms with E-state index in [1.54, 1.807) is 43.5 Å². The predicted molar refractivity (Wildman–Crippen MR) is 112 cm³/mol. The third-order valence-electron chi connectivity index (χ3n) is 4.00. The summed E-state index contributed by atoms with van der Waals surface area (Å²) < 4.78 is 11.8. The number of hydrogen-bond donors (Lipinski definition) is 1. The van der Waals surface area contributed by atoms with Crippen LogP contribution < -0.4 is 10.1 Å². The lowest BCUT2D eigenvalue weighted by Gasteiger charge is -2.06. The summed E-state index contributed by atoms with van der Waals surface area (Å²) in [6.45, 7) is 2.00. The Bertz CT molecular complexity index is 1090. The standard InChI is InChI=1S/C22H17BrN2O3/c1-14-6-8-19(20(23)10-14)21-9-7-18(28-21)11-15(13-24)22(26)25-16-4-3-5-17(12-16)27-2/h3-12H,1-2H3,(H,25,26)/b15-11+. The molecule has 0 fully saturated rings. The Labute approximate surface area is 171 Å². The number of nitriles is 1. The zero-order valence-corrected chi connectivity index (χ0v) is 16.9. The molecule has 3 rings (SSSR count). The van der Waals surface area contributed by atoms with Crippen LogP contribution in [0.15, 0.2) is 69.1 Å². The molecule has 2 aromatic carbocycles. The Kier molecular flexibility index (Phi) is 5.97. The summed E-state index contributed by atoms with van der Waals surface area (Å²) in [5.74, 6) is 1.15. The van der Waals surface area contributed by atoms with Crippen LogP contribution in [0, 0.1) is 18.3 Å². The molecular weight excluding hydrogens is 420 g/mol. The average molecular weight is 437 g/mol. The van der Waals surface area contributed by atoms with E-state index < -0.39 is 5.91 Å². The van der Waals surface area contributed by atoms with Gasteiger partial charge in [-0.1, -0.05) is 28.1 Å². The molecule has 1 aromatic heterocycles. The van der Waals surface area contributed by atoms with Crippen LogP contribution >= 0.6 is 15.9 Å². The number of hydrogen-bond acceptors (Lipinski definition) is 4. The van der Waals surface area contributed by atoms with Crippen molar-refractivity contribution in [2.45, 2.75) is 6.92 Å². The molecule has 1 N–H and O–H groups in total. The molecule has 0 aliphatic rings. The molecule has 28 heavy (non-hydrogen) atoms. The number of benzene rings is 2. The lowest BCUT2D eigenvalue weighted by molar-refractivity contribution is -0.112. The van der Waals surface area contributed by atoms with E-state index in [0.717, 1.165) is 15.6 Å². The van der Waals surface area contributed by atoms with Gasteiger partial charge in [-0.25, -0.2) is 0 Å². The minimum absolute atomic E-state index is 0.0632. The van der Waals surface area contributed by atoms with Crippen LogP contribution in [0.3, 0.4) is 0 Å². The highest BCUT2D eigenvalue weighted by Crippen LogP contribution is 2.31. The summed E-state index contributed by atoms with van der Waals surface area (Å²) in [5, 5.41) is 12.1. The summed E-state index contributed by atoms with van der Waals surface area (Å²) in [6.07, 6.45) is 1.42. The van der Waals surface area contributed by atoms with Crippen LogP contribution in [-0.4, -0.2) is 13.0 Å². The average Bonchev–Trinajstić information content (AvgIpc) is 3.14. The van der Waals surface area contributed by atoms with Crippen molar-refractivity contribution < 1.29 is 13.9 Å². The van der Waals surface area contributed by atoms with Crippen LogP contribution in [0.1, 0.15) is 11.3 Å². The fourth-order valence-electron chi connectivity index (χ4n) is 2.59. The SMILES string of the molecule is COc1cccc(NC(=O)/C(C#N)=C/c2ccc(-c3ccc(C)cc3Br)o2)c1. The number of carbonyl (C=O) groups is 1. The Hall–Kier alpha value is -3.30. The Morgan fingerprint density at radius 2 is 2.04 bits per heavy atom. The number of methoxy groups -OCH3 is 1. The zero-order valence-electron chi connectivity index (χ0n) is 15.3. The van der Waals surface area contributed by atoms with Crippen molar-refractivity contribution in [2.75, 3.05) is 12.4 Å². The molecule has 0 spiro atoms. The molecule has 1 heterocycles. The maximum atomic E-state index is 12.4. The maximum Gasteiger partial charge on any atom is 0.266 e. The minimum Gasteiger partial charge on any atom is -0.497 e. The van der Waals surface area contributed by atoms with Crippen molar-refractivity contribution in [1.82, 2.24) is 0 Å². The van der Waals surface area contributed by atoms with Gasteiger partial charge in [-0.3, -0.25) is 4.79 Å². The predicted octanol–water partition coefficient (Wildman–Crippen LogP) is 5.57. The molecule has 140 valence electrons. The van der Waals surface area contributed by atoms with Crippen molar-refractivity contribution in [3.63, 3.8) is 0 Å². The van der Waals surface area contributed by atoms with Crippen LogP contribution in [0.25, 0.3) is 17.4 Å². The van der Waals surface area contributed by atoms with Crippen molar-refractivity contribution in [3.8, 4) is 23.1 Å². The summed E-state index contributed by atoms with van der Waals surface area (Å²) in [4.78, 5) is 12.4. The smallest absolute Gasteiger partial charge is 0.266 e. The first-order chi connectivity index (χ1) is 13.5. The second-order valence-corrected chi connectivity index (χ2v) is 6.90. The summed E-state index contributed by atoms with van der Waals surface area (Å²) >= 11 is 3.53. The number of aryl methyl sites for hydroxylation is 1. The highest BCUT2D eigenvalue weighted by atomic mass is 79.9. The summed E-state index contributed by atoms with van der Waals surface area (Å²) in [6, 6.07) is 18.3. The zero-order chi connectivity index (χ0) is 20.1. The van der Waals surface area contributed by atoms with E-state index in [-0.39, 0.29) is 5.57 Å². The van der Waals surface area contributed by atoms with Gasteiger partial charge in [0.25, 0.3) is 5.91 Å². The van der Waals surface area contributed by atoms with Gasteiger partial charge in [-0.2, -0.15) is 5.26 Å². The lowest BCUT2D eigenvalue weighted by Crippen LogP contribution is -2.13. The van der Waals surface area contributed by atoms with Crippen molar-refractivity contribution in [3.05, 3.63) is 76.0 Å². The second-order valence-electron chi connectivity index (χ2n) is 6.04. The molecule has 0 atom stereocenters. The van der Waals surface area contributed by atoms with Gasteiger partial charge in [0.2, 0.25) is 0 Å². The molecule has 6 heteroatoms. The molecule has 0 unspecified atom stereocenters. The number of carbonyl (C=O) groups excluding carboxylic acids is 1. The number of ether oxygens (including phenoxy) is 1. The van der Waals surface area contributed by atoms with Gasteiger partial charge in [0.05, 0.1) is 7.11 Å². The molecule has 0 bridgehead atoms. The monoisotopic (exact) mass is 436 g/mol. The van der Waals surface area contributed by atoms with Crippen LogP contribution in [0.2, 0.25) is 0 Å². The summed E-state index contributed by atoms with van der Waals surface area (Å²) in [7, 11) is 1.54. The van der Waals surface area contributed by atoms with Crippen LogP contribution in [-0.2, 0) is 4.79 Å². The van der Waals surface area contributed by atoms with Gasteiger partial charge in [0.15, 0.2) is 0 Å². The highest BCUT2D eigenvalue weighted by Gasteiger charge is 2.13. The number of nitrogens with one attached hydrogen (secondary N) is 1. The topological polar surface area (TPSA) is 75.3 Å². The van der Waals surface area contributed by atoms with E-state index in [2.05, 4.69) is 21.2 Å². The number of rotatable bonds is 5. The van der Waals surface area contributed by atoms with E-state index in [0.29, 0.717) is 23.0 Å². The third kappa shape index (κ3) is 4.51. The number of anilines is 1. The first-order valence-corrected chi connectivity index (χ1v) is 9.23. The molecule has 3 aromatic rings. The van der Waals surface area contributed by atoms with Gasteiger partial charge < -0.3 is 14.5 Å². The van der Waals surface area contributed by atoms with E-state index in [1.165, 1.54) is 6.08 Å². The molecule has 0 radical (unpaired) electrons. The first-order valence-electron chi connectivity index (χ1n) is 8.43. The first kappa shape index (κ1) is 19.5. The van der Waals surface area contributed by atoms with Gasteiger partial charge in [-0.05, 0) is 48.9 Å². The third-order valence-corrected chi connectivity index (χ3v) is 4.65. The van der Waals surface area contributed by atoms with Gasteiger partial charge in [0.1, 0.15) is 28.9 Å². The van der Waals surface area contributed by atoms with Crippen LogP contribution in [0.4, 0.5) is 5.69 Å². The Morgan fingerprint density at radius 1 is 1.21 bits per heavy atom. The van der Waals surface area contributed by atoms with Gasteiger partial charge in [-0.15, -0.1) is 0 Å². The number of halogens is 1. The van der Waals surface area contributed by atoms with Crippen LogP contribution in [0.5, 0.6) is 5.75 Å². The normalized spacial score (nSPS) is 11.0. The number of furan rings is 1. The van der Waals surface area contributed by atoms with E-state index in [9.17, 15) is 10.1 Å². The molecule has 1 amide bonds. The van der Waals surface area contributed by atoms with Gasteiger partial charge in [0, 0.05) is 27.9 Å². The summed E-state index contributed by atoms with van der Waals surface area (Å²) in [5.41, 5.74) is 2.49. The number of nitrogens with zero attached hydrogens (tertiary/aromatic N) is 1. The fourth-order valence-corrected chi connectivity index (χ4v) is 3.27. The Balaban J connectivity index is 1.82. The quantitative estimate of drug-likeness (QED) is 0.418. The molecular formula is C22H17BrN2O3. The second kappa shape index (κ2) is 8.59. The molecule has 5 nitrogen and oxygen atoms in total. The van der Waals surface area contributed by atoms with E-state index >= 15 is 0 Å². The van der Waals surface area contributed by atoms with Crippen molar-refractivity contribution in [1.29, 1.82) is 5.26 Å². The lowest BCUT2D eigenvalue weighted by atomic mass is 10.1. The maximum absolute atomic E-state index is 12.4. The Morgan fingerprint density at radius 3 is 2.75 bits per heavy atom. The van der Waals surface area contributed by atoms with Crippen molar-refractivity contribution >= 4 is 33.6 Å². The van der Waals surface area contributed by atoms with Crippen molar-refractivity contribution in [2.24, 2.45) is 0 Å². The molecule has 0 saturated heterocycles. The number of amides is 1. The fraction of sp³-hybridized carbons (Fsp3) is 0.0909. The largest absolute Gasteiger partial charge is 0.497 e. The highest BCUT2D eigenvalue weighted by molar-refractivity contribution is 9.10. The van der Waals surface area contributed by atoms with Gasteiger partial charge >= 0.3 is 0 Å². The molecule has 0 aliphatic carbocycles.